The number of nitrogens with one attached hydrogen (secondary N) is 1. The van der Waals surface area contributed by atoms with Gasteiger partial charge in [-0.1, -0.05) is 15.9 Å². The van der Waals surface area contributed by atoms with E-state index in [1.807, 2.05) is 42.8 Å². The molecule has 5 nitrogen and oxygen atoms in total. The molecule has 2 amide bonds. The molecule has 24 heavy (non-hydrogen) atoms. The number of aromatic nitrogens is 1. The Morgan fingerprint density at radius 3 is 2.38 bits per heavy atom. The van der Waals surface area contributed by atoms with Crippen LogP contribution < -0.4 is 10.2 Å². The minimum atomic E-state index is -0.489. The zero-order valence-electron chi connectivity index (χ0n) is 13.0. The van der Waals surface area contributed by atoms with E-state index in [4.69, 9.17) is 12.2 Å². The average Bonchev–Trinajstić information content (AvgIpc) is 2.85. The second-order valence-electron chi connectivity index (χ2n) is 5.39. The SMILES string of the molecule is Cc1ccc(/C=C2\C(=O)NC(=S)N(c3ccc(Br)cc3)C2=O)n1C. The van der Waals surface area contributed by atoms with Gasteiger partial charge < -0.3 is 4.57 Å². The van der Waals surface area contributed by atoms with E-state index in [2.05, 4.69) is 21.2 Å². The molecule has 0 radical (unpaired) electrons. The Bertz CT molecular complexity index is 884. The van der Waals surface area contributed by atoms with Crippen molar-refractivity contribution in [2.45, 2.75) is 6.92 Å². The summed E-state index contributed by atoms with van der Waals surface area (Å²) in [5, 5.41) is 2.65. The molecule has 0 unspecified atom stereocenters. The summed E-state index contributed by atoms with van der Waals surface area (Å²) in [5.41, 5.74) is 2.45. The number of carbonyl (C=O) groups is 2. The number of halogens is 1. The maximum Gasteiger partial charge on any atom is 0.270 e. The molecule has 3 rings (SSSR count). The highest BCUT2D eigenvalue weighted by molar-refractivity contribution is 9.10. The predicted molar refractivity (Wildman–Crippen MR) is 100 cm³/mol. The molecular formula is C17H14BrN3O2S. The number of nitrogens with zero attached hydrogens (tertiary/aromatic N) is 2. The molecule has 0 spiro atoms. The number of carbonyl (C=O) groups excluding carboxylic acids is 2. The van der Waals surface area contributed by atoms with E-state index in [9.17, 15) is 9.59 Å². The standard InChI is InChI=1S/C17H14BrN3O2S/c1-10-3-6-13(20(10)2)9-14-15(22)19-17(24)21(16(14)23)12-7-4-11(18)5-8-12/h3-9H,1-2H3,(H,19,22,24)/b14-9+. The molecule has 0 bridgehead atoms. The summed E-state index contributed by atoms with van der Waals surface area (Å²) in [7, 11) is 1.88. The van der Waals surface area contributed by atoms with Crippen molar-refractivity contribution < 1.29 is 9.59 Å². The molecule has 1 aromatic carbocycles. The molecule has 2 aromatic rings. The van der Waals surface area contributed by atoms with E-state index in [0.29, 0.717) is 5.69 Å². The maximum absolute atomic E-state index is 12.8. The largest absolute Gasteiger partial charge is 0.348 e. The highest BCUT2D eigenvalue weighted by Crippen LogP contribution is 2.24. The van der Waals surface area contributed by atoms with Gasteiger partial charge in [0.2, 0.25) is 0 Å². The Hall–Kier alpha value is -2.25. The Kier molecular flexibility index (Phi) is 4.38. The van der Waals surface area contributed by atoms with Crippen LogP contribution in [0, 0.1) is 6.92 Å². The predicted octanol–water partition coefficient (Wildman–Crippen LogP) is 2.93. The number of aryl methyl sites for hydroxylation is 1. The van der Waals surface area contributed by atoms with Crippen LogP contribution in [-0.4, -0.2) is 21.5 Å². The summed E-state index contributed by atoms with van der Waals surface area (Å²) in [5.74, 6) is -0.929. The van der Waals surface area contributed by atoms with Gasteiger partial charge >= 0.3 is 0 Å². The molecule has 7 heteroatoms. The lowest BCUT2D eigenvalue weighted by Gasteiger charge is -2.29. The van der Waals surface area contributed by atoms with Crippen LogP contribution >= 0.6 is 28.1 Å². The lowest BCUT2D eigenvalue weighted by molar-refractivity contribution is -0.122. The molecule has 1 aromatic heterocycles. The first kappa shape index (κ1) is 16.6. The molecule has 1 aliphatic heterocycles. The van der Waals surface area contributed by atoms with E-state index in [1.54, 1.807) is 18.2 Å². The molecule has 0 saturated carbocycles. The lowest BCUT2D eigenvalue weighted by atomic mass is 10.1. The molecule has 2 heterocycles. The van der Waals surface area contributed by atoms with Crippen LogP contribution in [0.3, 0.4) is 0 Å². The van der Waals surface area contributed by atoms with Crippen LogP contribution in [0.15, 0.2) is 46.4 Å². The summed E-state index contributed by atoms with van der Waals surface area (Å²) in [6, 6.07) is 10.9. The summed E-state index contributed by atoms with van der Waals surface area (Å²) >= 11 is 8.53. The molecule has 1 N–H and O–H groups in total. The Morgan fingerprint density at radius 1 is 1.12 bits per heavy atom. The van der Waals surface area contributed by atoms with Crippen molar-refractivity contribution in [1.29, 1.82) is 0 Å². The summed E-state index contributed by atoms with van der Waals surface area (Å²) in [6.07, 6.45) is 1.58. The number of hydrogen-bond acceptors (Lipinski definition) is 3. The third kappa shape index (κ3) is 2.92. The summed E-state index contributed by atoms with van der Waals surface area (Å²) in [4.78, 5) is 26.4. The monoisotopic (exact) mass is 403 g/mol. The van der Waals surface area contributed by atoms with E-state index in [1.165, 1.54) is 4.90 Å². The van der Waals surface area contributed by atoms with Gasteiger partial charge in [-0.05, 0) is 61.6 Å². The minimum absolute atomic E-state index is 0.0488. The van der Waals surface area contributed by atoms with Gasteiger partial charge in [0.15, 0.2) is 5.11 Å². The Balaban J connectivity index is 2.03. The first-order valence-corrected chi connectivity index (χ1v) is 8.38. The zero-order valence-corrected chi connectivity index (χ0v) is 15.4. The van der Waals surface area contributed by atoms with Crippen molar-refractivity contribution in [3.05, 3.63) is 57.8 Å². The van der Waals surface area contributed by atoms with Gasteiger partial charge in [-0.25, -0.2) is 0 Å². The van der Waals surface area contributed by atoms with Gasteiger partial charge in [0.05, 0.1) is 5.69 Å². The van der Waals surface area contributed by atoms with Crippen LogP contribution in [0.2, 0.25) is 0 Å². The van der Waals surface area contributed by atoms with Gasteiger partial charge in [-0.2, -0.15) is 0 Å². The number of rotatable bonds is 2. The summed E-state index contributed by atoms with van der Waals surface area (Å²) < 4.78 is 2.80. The highest BCUT2D eigenvalue weighted by Gasteiger charge is 2.34. The van der Waals surface area contributed by atoms with Crippen molar-refractivity contribution in [2.75, 3.05) is 4.90 Å². The number of hydrogen-bond donors (Lipinski definition) is 1. The fourth-order valence-electron chi connectivity index (χ4n) is 2.41. The quantitative estimate of drug-likeness (QED) is 0.476. The third-order valence-electron chi connectivity index (χ3n) is 3.89. The molecule has 1 saturated heterocycles. The van der Waals surface area contributed by atoms with Crippen LogP contribution in [0.5, 0.6) is 0 Å². The van der Waals surface area contributed by atoms with E-state index in [-0.39, 0.29) is 10.7 Å². The van der Waals surface area contributed by atoms with Crippen LogP contribution in [-0.2, 0) is 16.6 Å². The number of anilines is 1. The van der Waals surface area contributed by atoms with Gasteiger partial charge in [-0.15, -0.1) is 0 Å². The van der Waals surface area contributed by atoms with Crippen LogP contribution in [0.25, 0.3) is 6.08 Å². The second kappa shape index (κ2) is 6.33. The fourth-order valence-corrected chi connectivity index (χ4v) is 2.95. The van der Waals surface area contributed by atoms with Gasteiger partial charge in [0, 0.05) is 22.9 Å². The molecule has 1 fully saturated rings. The fraction of sp³-hybridized carbons (Fsp3) is 0.118. The minimum Gasteiger partial charge on any atom is -0.348 e. The zero-order chi connectivity index (χ0) is 17.4. The van der Waals surface area contributed by atoms with Crippen molar-refractivity contribution in [2.24, 2.45) is 7.05 Å². The molecule has 122 valence electrons. The van der Waals surface area contributed by atoms with E-state index in [0.717, 1.165) is 15.9 Å². The van der Waals surface area contributed by atoms with Crippen LogP contribution in [0.1, 0.15) is 11.4 Å². The van der Waals surface area contributed by atoms with Gasteiger partial charge in [0.1, 0.15) is 5.57 Å². The normalized spacial score (nSPS) is 16.7. The van der Waals surface area contributed by atoms with Gasteiger partial charge in [-0.3, -0.25) is 19.8 Å². The highest BCUT2D eigenvalue weighted by atomic mass is 79.9. The second-order valence-corrected chi connectivity index (χ2v) is 6.70. The van der Waals surface area contributed by atoms with Crippen LogP contribution in [0.4, 0.5) is 5.69 Å². The number of amides is 2. The maximum atomic E-state index is 12.8. The van der Waals surface area contributed by atoms with E-state index < -0.39 is 11.8 Å². The first-order chi connectivity index (χ1) is 11.4. The molecule has 1 aliphatic rings. The Morgan fingerprint density at radius 2 is 1.79 bits per heavy atom. The number of thiocarbonyl (C=S) groups is 1. The molecule has 0 aliphatic carbocycles. The average molecular weight is 404 g/mol. The van der Waals surface area contributed by atoms with Crippen molar-refractivity contribution >= 4 is 56.8 Å². The van der Waals surface area contributed by atoms with Crippen molar-refractivity contribution in [3.8, 4) is 0 Å². The molecule has 0 atom stereocenters. The third-order valence-corrected chi connectivity index (χ3v) is 4.70. The first-order valence-electron chi connectivity index (χ1n) is 7.18. The summed E-state index contributed by atoms with van der Waals surface area (Å²) in [6.45, 7) is 1.95. The molecular weight excluding hydrogens is 390 g/mol. The van der Waals surface area contributed by atoms with Crippen molar-refractivity contribution in [3.63, 3.8) is 0 Å². The van der Waals surface area contributed by atoms with Crippen molar-refractivity contribution in [1.82, 2.24) is 9.88 Å². The number of benzene rings is 1. The van der Waals surface area contributed by atoms with E-state index >= 15 is 0 Å². The smallest absolute Gasteiger partial charge is 0.270 e. The Labute approximate surface area is 153 Å². The lowest BCUT2D eigenvalue weighted by Crippen LogP contribution is -2.54. The topological polar surface area (TPSA) is 54.3 Å². The van der Waals surface area contributed by atoms with Gasteiger partial charge in [0.25, 0.3) is 11.8 Å².